The maximum atomic E-state index is 12.9. The normalized spacial score (nSPS) is 13.2. The zero-order chi connectivity index (χ0) is 23.6. The van der Waals surface area contributed by atoms with Gasteiger partial charge in [-0.05, 0) is 49.6 Å². The number of urea groups is 1. The van der Waals surface area contributed by atoms with Crippen molar-refractivity contribution in [2.75, 3.05) is 63.1 Å². The first-order valence-electron chi connectivity index (χ1n) is 11.0. The Hall–Kier alpha value is -3.46. The van der Waals surface area contributed by atoms with Gasteiger partial charge in [-0.3, -0.25) is 4.79 Å². The molecule has 2 aromatic carbocycles. The monoisotopic (exact) mass is 456 g/mol. The number of hydrogen-bond donors (Lipinski definition) is 3. The molecule has 0 spiro atoms. The van der Waals surface area contributed by atoms with E-state index < -0.39 is 6.03 Å². The quantitative estimate of drug-likeness (QED) is 0.497. The molecule has 2 aromatic rings. The lowest BCUT2D eigenvalue weighted by Crippen LogP contribution is -2.33. The molecule has 0 saturated carbocycles. The highest BCUT2D eigenvalue weighted by atomic mass is 16.5. The molecule has 9 nitrogen and oxygen atoms in total. The summed E-state index contributed by atoms with van der Waals surface area (Å²) in [6.07, 6.45) is 3.38. The molecule has 3 N–H and O–H groups in total. The van der Waals surface area contributed by atoms with Crippen molar-refractivity contribution in [1.29, 1.82) is 0 Å². The average molecular weight is 457 g/mol. The number of benzene rings is 2. The smallest absolute Gasteiger partial charge is 0.323 e. The van der Waals surface area contributed by atoms with Gasteiger partial charge in [-0.2, -0.15) is 0 Å². The molecule has 0 bridgehead atoms. The van der Waals surface area contributed by atoms with Gasteiger partial charge in [0.25, 0.3) is 5.91 Å². The van der Waals surface area contributed by atoms with Gasteiger partial charge in [0.2, 0.25) is 0 Å². The molecule has 1 aliphatic heterocycles. The van der Waals surface area contributed by atoms with Gasteiger partial charge in [0.05, 0.1) is 32.1 Å². The van der Waals surface area contributed by atoms with Crippen molar-refractivity contribution >= 4 is 29.0 Å². The fourth-order valence-corrected chi connectivity index (χ4v) is 3.75. The van der Waals surface area contributed by atoms with Crippen molar-refractivity contribution in [2.24, 2.45) is 0 Å². The number of hydrogen-bond acceptors (Lipinski definition) is 6. The van der Waals surface area contributed by atoms with Crippen molar-refractivity contribution < 1.29 is 23.8 Å². The van der Waals surface area contributed by atoms with Gasteiger partial charge in [0.1, 0.15) is 11.5 Å². The van der Waals surface area contributed by atoms with E-state index in [-0.39, 0.29) is 5.91 Å². The molecule has 33 heavy (non-hydrogen) atoms. The van der Waals surface area contributed by atoms with Gasteiger partial charge in [-0.1, -0.05) is 0 Å². The Kier molecular flexibility index (Phi) is 8.77. The van der Waals surface area contributed by atoms with E-state index in [0.29, 0.717) is 41.6 Å². The summed E-state index contributed by atoms with van der Waals surface area (Å²) >= 11 is 0. The molecule has 1 fully saturated rings. The van der Waals surface area contributed by atoms with Gasteiger partial charge in [-0.25, -0.2) is 4.79 Å². The lowest BCUT2D eigenvalue weighted by Gasteiger charge is -2.30. The van der Waals surface area contributed by atoms with Crippen LogP contribution in [0.2, 0.25) is 0 Å². The van der Waals surface area contributed by atoms with E-state index in [1.165, 1.54) is 13.5 Å². The second-order valence-electron chi connectivity index (χ2n) is 7.67. The summed E-state index contributed by atoms with van der Waals surface area (Å²) in [5.74, 6) is 0.895. The number of nitrogens with zero attached hydrogens (tertiary/aromatic N) is 1. The van der Waals surface area contributed by atoms with Crippen LogP contribution in [-0.2, 0) is 4.74 Å². The summed E-state index contributed by atoms with van der Waals surface area (Å²) in [5, 5.41) is 8.45. The van der Waals surface area contributed by atoms with Crippen LogP contribution < -0.4 is 30.3 Å². The molecule has 178 valence electrons. The third kappa shape index (κ3) is 6.52. The molecule has 1 saturated heterocycles. The Bertz CT molecular complexity index is 960. The molecular weight excluding hydrogens is 424 g/mol. The number of piperidine rings is 1. The standard InChI is InChI=1S/C24H32N4O5/c1-31-14-11-25-23(29)19-15-17(7-10-21(19)28-12-5-4-6-13-28)26-24(30)27-20-9-8-18(32-2)16-22(20)33-3/h7-10,15-16H,4-6,11-14H2,1-3H3,(H,25,29)(H2,26,27,30). The number of nitrogens with one attached hydrogen (secondary N) is 3. The van der Waals surface area contributed by atoms with Crippen LogP contribution in [0.1, 0.15) is 29.6 Å². The van der Waals surface area contributed by atoms with Gasteiger partial charge < -0.3 is 35.1 Å². The summed E-state index contributed by atoms with van der Waals surface area (Å²) in [5.41, 5.74) is 2.40. The fraction of sp³-hybridized carbons (Fsp3) is 0.417. The maximum Gasteiger partial charge on any atom is 0.323 e. The Morgan fingerprint density at radius 2 is 1.73 bits per heavy atom. The summed E-state index contributed by atoms with van der Waals surface area (Å²) < 4.78 is 15.5. The summed E-state index contributed by atoms with van der Waals surface area (Å²) in [7, 11) is 4.67. The Balaban J connectivity index is 1.77. The molecule has 1 heterocycles. The maximum absolute atomic E-state index is 12.9. The Morgan fingerprint density at radius 1 is 0.939 bits per heavy atom. The summed E-state index contributed by atoms with van der Waals surface area (Å²) in [4.78, 5) is 27.8. The van der Waals surface area contributed by atoms with Crippen LogP contribution in [0.25, 0.3) is 0 Å². The molecule has 9 heteroatoms. The van der Waals surface area contributed by atoms with Crippen LogP contribution >= 0.6 is 0 Å². The number of carbonyl (C=O) groups excluding carboxylic acids is 2. The molecule has 0 radical (unpaired) electrons. The zero-order valence-electron chi connectivity index (χ0n) is 19.4. The Morgan fingerprint density at radius 3 is 2.42 bits per heavy atom. The molecule has 3 rings (SSSR count). The topological polar surface area (TPSA) is 101 Å². The fourth-order valence-electron chi connectivity index (χ4n) is 3.75. The van der Waals surface area contributed by atoms with Crippen LogP contribution in [0, 0.1) is 0 Å². The van der Waals surface area contributed by atoms with Crippen molar-refractivity contribution in [2.45, 2.75) is 19.3 Å². The van der Waals surface area contributed by atoms with Crippen molar-refractivity contribution in [1.82, 2.24) is 5.32 Å². The number of rotatable bonds is 9. The van der Waals surface area contributed by atoms with E-state index in [2.05, 4.69) is 20.9 Å². The van der Waals surface area contributed by atoms with Gasteiger partial charge in [-0.15, -0.1) is 0 Å². The second-order valence-corrected chi connectivity index (χ2v) is 7.67. The van der Waals surface area contributed by atoms with Gasteiger partial charge >= 0.3 is 6.03 Å². The molecule has 1 aliphatic rings. The van der Waals surface area contributed by atoms with E-state index in [4.69, 9.17) is 14.2 Å². The zero-order valence-corrected chi connectivity index (χ0v) is 19.4. The number of amides is 3. The highest BCUT2D eigenvalue weighted by Crippen LogP contribution is 2.30. The molecule has 0 aromatic heterocycles. The predicted octanol–water partition coefficient (Wildman–Crippen LogP) is 3.71. The lowest BCUT2D eigenvalue weighted by atomic mass is 10.1. The first kappa shape index (κ1) is 24.2. The number of carbonyl (C=O) groups is 2. The van der Waals surface area contributed by atoms with E-state index >= 15 is 0 Å². The Labute approximate surface area is 194 Å². The molecular formula is C24H32N4O5. The SMILES string of the molecule is COCCNC(=O)c1cc(NC(=O)Nc2ccc(OC)cc2OC)ccc1N1CCCCC1. The van der Waals surface area contributed by atoms with Crippen LogP contribution in [0.5, 0.6) is 11.5 Å². The minimum Gasteiger partial charge on any atom is -0.497 e. The first-order chi connectivity index (χ1) is 16.0. The van der Waals surface area contributed by atoms with Gasteiger partial charge in [0, 0.05) is 44.2 Å². The van der Waals surface area contributed by atoms with Crippen LogP contribution in [0.15, 0.2) is 36.4 Å². The van der Waals surface area contributed by atoms with Crippen molar-refractivity contribution in [3.8, 4) is 11.5 Å². The summed E-state index contributed by atoms with van der Waals surface area (Å²) in [6, 6.07) is 10.1. The van der Waals surface area contributed by atoms with Crippen LogP contribution in [-0.4, -0.2) is 59.5 Å². The van der Waals surface area contributed by atoms with E-state index in [0.717, 1.165) is 31.6 Å². The third-order valence-electron chi connectivity index (χ3n) is 5.44. The lowest BCUT2D eigenvalue weighted by molar-refractivity contribution is 0.0937. The minimum absolute atomic E-state index is 0.200. The van der Waals surface area contributed by atoms with Crippen LogP contribution in [0.4, 0.5) is 21.9 Å². The highest BCUT2D eigenvalue weighted by Gasteiger charge is 2.20. The van der Waals surface area contributed by atoms with Gasteiger partial charge in [0.15, 0.2) is 0 Å². The third-order valence-corrected chi connectivity index (χ3v) is 5.44. The number of anilines is 3. The van der Waals surface area contributed by atoms with E-state index in [9.17, 15) is 9.59 Å². The number of methoxy groups -OCH3 is 3. The molecule has 3 amide bonds. The highest BCUT2D eigenvalue weighted by molar-refractivity contribution is 6.04. The molecule has 0 unspecified atom stereocenters. The van der Waals surface area contributed by atoms with Crippen molar-refractivity contribution in [3.63, 3.8) is 0 Å². The van der Waals surface area contributed by atoms with Crippen LogP contribution in [0.3, 0.4) is 0 Å². The minimum atomic E-state index is -0.449. The van der Waals surface area contributed by atoms with E-state index in [1.54, 1.807) is 44.6 Å². The van der Waals surface area contributed by atoms with Crippen molar-refractivity contribution in [3.05, 3.63) is 42.0 Å². The molecule has 0 atom stereocenters. The first-order valence-corrected chi connectivity index (χ1v) is 11.0. The summed E-state index contributed by atoms with van der Waals surface area (Å²) in [6.45, 7) is 2.64. The van der Waals surface area contributed by atoms with E-state index in [1.807, 2.05) is 6.07 Å². The second kappa shape index (κ2) is 12.0. The predicted molar refractivity (Wildman–Crippen MR) is 129 cm³/mol. The largest absolute Gasteiger partial charge is 0.497 e. The average Bonchev–Trinajstić information content (AvgIpc) is 2.84. The molecule has 0 aliphatic carbocycles. The number of ether oxygens (including phenoxy) is 3.